The third-order valence-corrected chi connectivity index (χ3v) is 7.41. The van der Waals surface area contributed by atoms with E-state index in [1.807, 2.05) is 29.2 Å². The van der Waals surface area contributed by atoms with Crippen molar-refractivity contribution >= 4 is 45.2 Å². The maximum Gasteiger partial charge on any atom is 0.338 e. The van der Waals surface area contributed by atoms with Crippen molar-refractivity contribution in [2.45, 2.75) is 23.7 Å². The van der Waals surface area contributed by atoms with Gasteiger partial charge >= 0.3 is 5.97 Å². The summed E-state index contributed by atoms with van der Waals surface area (Å²) in [6, 6.07) is 15.5. The molecule has 0 saturated carbocycles. The minimum absolute atomic E-state index is 0.109. The van der Waals surface area contributed by atoms with E-state index in [1.54, 1.807) is 23.5 Å². The van der Waals surface area contributed by atoms with Gasteiger partial charge in [0, 0.05) is 23.9 Å². The van der Waals surface area contributed by atoms with E-state index < -0.39 is 0 Å². The lowest BCUT2D eigenvalue weighted by molar-refractivity contribution is -0.129. The van der Waals surface area contributed by atoms with E-state index in [1.165, 1.54) is 28.6 Å². The molecule has 0 aliphatic carbocycles. The van der Waals surface area contributed by atoms with Crippen LogP contribution in [0, 0.1) is 0 Å². The highest BCUT2D eigenvalue weighted by molar-refractivity contribution is 8.00. The van der Waals surface area contributed by atoms with Gasteiger partial charge in [0.05, 0.1) is 33.7 Å². The average molecular weight is 427 g/mol. The number of hydrogen-bond donors (Lipinski definition) is 0. The van der Waals surface area contributed by atoms with E-state index in [0.29, 0.717) is 17.2 Å². The molecule has 1 saturated heterocycles. The summed E-state index contributed by atoms with van der Waals surface area (Å²) in [6.07, 6.45) is 1.88. The smallest absolute Gasteiger partial charge is 0.338 e. The van der Waals surface area contributed by atoms with Crippen LogP contribution in [0.3, 0.4) is 0 Å². The van der Waals surface area contributed by atoms with Crippen LogP contribution >= 0.6 is 23.1 Å². The Kier molecular flexibility index (Phi) is 6.16. The molecule has 2 heterocycles. The molecular formula is C22H22N2O3S2. The zero-order valence-corrected chi connectivity index (χ0v) is 17.8. The van der Waals surface area contributed by atoms with Crippen molar-refractivity contribution in [1.82, 2.24) is 9.88 Å². The van der Waals surface area contributed by atoms with Crippen molar-refractivity contribution in [1.29, 1.82) is 0 Å². The fourth-order valence-electron chi connectivity index (χ4n) is 3.54. The molecule has 1 aliphatic rings. The normalized spacial score (nSPS) is 14.9. The number of thiazole rings is 1. The number of ether oxygens (including phenoxy) is 1. The maximum atomic E-state index is 12.7. The molecule has 29 heavy (non-hydrogen) atoms. The third kappa shape index (κ3) is 4.46. The summed E-state index contributed by atoms with van der Waals surface area (Å²) in [4.78, 5) is 32.0. The standard InChI is InChI=1S/C22H22N2O3S2/c1-27-22(26)16-6-2-4-8-18(16)28-14-20(25)24-12-10-15(11-13-24)21-23-17-7-3-5-9-19(17)29-21/h2-9,15H,10-14H2,1H3. The summed E-state index contributed by atoms with van der Waals surface area (Å²) < 4.78 is 6.05. The minimum atomic E-state index is -0.378. The summed E-state index contributed by atoms with van der Waals surface area (Å²) in [5.74, 6) is 0.471. The SMILES string of the molecule is COC(=O)c1ccccc1SCC(=O)N1CCC(c2nc3ccccc3s2)CC1. The van der Waals surface area contributed by atoms with Crippen LogP contribution in [-0.4, -0.2) is 47.7 Å². The Morgan fingerprint density at radius 1 is 1.14 bits per heavy atom. The highest BCUT2D eigenvalue weighted by Gasteiger charge is 2.26. The quantitative estimate of drug-likeness (QED) is 0.441. The second-order valence-electron chi connectivity index (χ2n) is 6.95. The molecule has 1 fully saturated rings. The van der Waals surface area contributed by atoms with Gasteiger partial charge in [-0.3, -0.25) is 4.79 Å². The highest BCUT2D eigenvalue weighted by atomic mass is 32.2. The highest BCUT2D eigenvalue weighted by Crippen LogP contribution is 2.34. The van der Waals surface area contributed by atoms with Gasteiger partial charge in [0.25, 0.3) is 0 Å². The molecule has 0 bridgehead atoms. The fraction of sp³-hybridized carbons (Fsp3) is 0.318. The number of benzene rings is 2. The van der Waals surface area contributed by atoms with Gasteiger partial charge in [0.2, 0.25) is 5.91 Å². The summed E-state index contributed by atoms with van der Waals surface area (Å²) in [6.45, 7) is 1.50. The van der Waals surface area contributed by atoms with Crippen LogP contribution in [0.2, 0.25) is 0 Å². The Hall–Kier alpha value is -2.38. The van der Waals surface area contributed by atoms with Crippen molar-refractivity contribution in [2.24, 2.45) is 0 Å². The number of likely N-dealkylation sites (tertiary alicyclic amines) is 1. The Balaban J connectivity index is 1.33. The van der Waals surface area contributed by atoms with E-state index in [-0.39, 0.29) is 11.9 Å². The largest absolute Gasteiger partial charge is 0.465 e. The number of para-hydroxylation sites is 1. The van der Waals surface area contributed by atoms with Gasteiger partial charge in [0.15, 0.2) is 0 Å². The van der Waals surface area contributed by atoms with E-state index in [4.69, 9.17) is 9.72 Å². The van der Waals surface area contributed by atoms with E-state index in [2.05, 4.69) is 12.1 Å². The zero-order chi connectivity index (χ0) is 20.2. The zero-order valence-electron chi connectivity index (χ0n) is 16.2. The van der Waals surface area contributed by atoms with Crippen LogP contribution in [0.1, 0.15) is 34.1 Å². The maximum absolute atomic E-state index is 12.7. The number of carbonyl (C=O) groups is 2. The second-order valence-corrected chi connectivity index (χ2v) is 9.03. The number of piperidine rings is 1. The molecule has 0 N–H and O–H groups in total. The minimum Gasteiger partial charge on any atom is -0.465 e. The predicted octanol–water partition coefficient (Wildman–Crippen LogP) is 4.58. The van der Waals surface area contributed by atoms with Gasteiger partial charge < -0.3 is 9.64 Å². The first kappa shape index (κ1) is 19.9. The number of fused-ring (bicyclic) bond motifs is 1. The van der Waals surface area contributed by atoms with Crippen LogP contribution in [0.5, 0.6) is 0 Å². The third-order valence-electron chi connectivity index (χ3n) is 5.15. The topological polar surface area (TPSA) is 59.5 Å². The number of methoxy groups -OCH3 is 1. The van der Waals surface area contributed by atoms with E-state index in [0.717, 1.165) is 36.3 Å². The fourth-order valence-corrected chi connectivity index (χ4v) is 5.62. The number of nitrogens with zero attached hydrogens (tertiary/aromatic N) is 2. The Bertz CT molecular complexity index is 993. The van der Waals surface area contributed by atoms with E-state index >= 15 is 0 Å². The Morgan fingerprint density at radius 2 is 1.86 bits per heavy atom. The lowest BCUT2D eigenvalue weighted by Crippen LogP contribution is -2.38. The number of amides is 1. The van der Waals surface area contributed by atoms with Crippen LogP contribution in [0.15, 0.2) is 53.4 Å². The molecule has 0 spiro atoms. The molecule has 4 rings (SSSR count). The molecule has 0 unspecified atom stereocenters. The van der Waals surface area contributed by atoms with Gasteiger partial charge in [-0.05, 0) is 37.1 Å². The molecule has 2 aromatic carbocycles. The summed E-state index contributed by atoms with van der Waals surface area (Å²) in [5.41, 5.74) is 1.56. The first-order valence-corrected chi connectivity index (χ1v) is 11.4. The van der Waals surface area contributed by atoms with E-state index in [9.17, 15) is 9.59 Å². The molecule has 150 valence electrons. The molecule has 1 amide bonds. The van der Waals surface area contributed by atoms with Crippen LogP contribution < -0.4 is 0 Å². The van der Waals surface area contributed by atoms with Crippen LogP contribution in [0.25, 0.3) is 10.2 Å². The lowest BCUT2D eigenvalue weighted by atomic mass is 9.97. The molecule has 7 heteroatoms. The van der Waals surface area contributed by atoms with Gasteiger partial charge in [0.1, 0.15) is 0 Å². The van der Waals surface area contributed by atoms with Crippen molar-refractivity contribution in [3.63, 3.8) is 0 Å². The molecular weight excluding hydrogens is 404 g/mol. The van der Waals surface area contributed by atoms with Crippen molar-refractivity contribution < 1.29 is 14.3 Å². The average Bonchev–Trinajstić information content (AvgIpc) is 3.21. The molecule has 0 radical (unpaired) electrons. The summed E-state index contributed by atoms with van der Waals surface area (Å²) in [7, 11) is 1.37. The number of hydrogen-bond acceptors (Lipinski definition) is 6. The Morgan fingerprint density at radius 3 is 2.62 bits per heavy atom. The van der Waals surface area contributed by atoms with Gasteiger partial charge in [-0.2, -0.15) is 0 Å². The molecule has 1 aromatic heterocycles. The number of carbonyl (C=O) groups excluding carboxylic acids is 2. The van der Waals surface area contributed by atoms with Gasteiger partial charge in [-0.1, -0.05) is 24.3 Å². The Labute approximate surface area is 178 Å². The molecule has 5 nitrogen and oxygen atoms in total. The monoisotopic (exact) mass is 426 g/mol. The van der Waals surface area contributed by atoms with Crippen LogP contribution in [0.4, 0.5) is 0 Å². The number of thioether (sulfide) groups is 1. The van der Waals surface area contributed by atoms with Crippen molar-refractivity contribution in [2.75, 3.05) is 26.0 Å². The number of rotatable bonds is 5. The predicted molar refractivity (Wildman–Crippen MR) is 117 cm³/mol. The van der Waals surface area contributed by atoms with Crippen molar-refractivity contribution in [3.8, 4) is 0 Å². The number of esters is 1. The summed E-state index contributed by atoms with van der Waals surface area (Å²) >= 11 is 3.16. The van der Waals surface area contributed by atoms with Gasteiger partial charge in [-0.15, -0.1) is 23.1 Å². The first-order chi connectivity index (χ1) is 14.2. The molecule has 0 atom stereocenters. The molecule has 3 aromatic rings. The number of aromatic nitrogens is 1. The first-order valence-electron chi connectivity index (χ1n) is 9.59. The summed E-state index contributed by atoms with van der Waals surface area (Å²) in [5, 5.41) is 1.18. The van der Waals surface area contributed by atoms with Crippen LogP contribution in [-0.2, 0) is 9.53 Å². The lowest BCUT2D eigenvalue weighted by Gasteiger charge is -2.31. The second kappa shape index (κ2) is 8.97. The van der Waals surface area contributed by atoms with Gasteiger partial charge in [-0.25, -0.2) is 9.78 Å². The molecule has 1 aliphatic heterocycles. The van der Waals surface area contributed by atoms with Crippen molar-refractivity contribution in [3.05, 3.63) is 59.1 Å².